The fourth-order valence-corrected chi connectivity index (χ4v) is 2.20. The van der Waals surface area contributed by atoms with Gasteiger partial charge in [0.1, 0.15) is 11.8 Å². The molecule has 1 heterocycles. The van der Waals surface area contributed by atoms with Gasteiger partial charge in [-0.05, 0) is 10.8 Å². The third-order valence-corrected chi connectivity index (χ3v) is 3.08. The maximum Gasteiger partial charge on any atom is 0.123 e. The first-order chi connectivity index (χ1) is 8.40. The Balaban J connectivity index is 2.17. The average Bonchev–Trinajstić information content (AvgIpc) is 2.86. The lowest BCUT2D eigenvalue weighted by Gasteiger charge is -2.11. The summed E-state index contributed by atoms with van der Waals surface area (Å²) >= 11 is 0. The maximum absolute atomic E-state index is 5.40. The molecule has 0 fully saturated rings. The lowest BCUT2D eigenvalue weighted by Crippen LogP contribution is -2.23. The zero-order chi connectivity index (χ0) is 11.7. The second-order valence-corrected chi connectivity index (χ2v) is 4.06. The minimum Gasteiger partial charge on any atom is -0.373 e. The van der Waals surface area contributed by atoms with Crippen molar-refractivity contribution < 1.29 is 4.74 Å². The number of hydrogen-bond donors (Lipinski definition) is 0. The van der Waals surface area contributed by atoms with E-state index in [1.165, 1.54) is 10.8 Å². The Labute approximate surface area is 100 Å². The third-order valence-electron chi connectivity index (χ3n) is 3.08. The quantitative estimate of drug-likeness (QED) is 0.771. The van der Waals surface area contributed by atoms with Crippen molar-refractivity contribution in [1.82, 2.24) is 5.43 Å². The average molecular weight is 225 g/mol. The van der Waals surface area contributed by atoms with E-state index < -0.39 is 0 Å². The van der Waals surface area contributed by atoms with Crippen LogP contribution in [0.1, 0.15) is 5.56 Å². The molecule has 0 saturated heterocycles. The van der Waals surface area contributed by atoms with Gasteiger partial charge in [-0.3, -0.25) is 0 Å². The molecule has 1 radical (unpaired) electrons. The fourth-order valence-electron chi connectivity index (χ4n) is 2.20. The summed E-state index contributed by atoms with van der Waals surface area (Å²) in [5.41, 5.74) is 6.12. The number of nitrogens with zero attached hydrogens (tertiary/aromatic N) is 2. The van der Waals surface area contributed by atoms with E-state index >= 15 is 0 Å². The van der Waals surface area contributed by atoms with Crippen LogP contribution in [-0.2, 0) is 4.74 Å². The Morgan fingerprint density at radius 1 is 1.12 bits per heavy atom. The van der Waals surface area contributed by atoms with E-state index in [1.54, 1.807) is 7.11 Å². The largest absolute Gasteiger partial charge is 0.373 e. The SMILES string of the molecule is COC1C[N]N=C1c1cccc2ccccc12. The topological polar surface area (TPSA) is 35.7 Å². The van der Waals surface area contributed by atoms with E-state index in [2.05, 4.69) is 34.8 Å². The smallest absolute Gasteiger partial charge is 0.123 e. The molecule has 1 atom stereocenters. The summed E-state index contributed by atoms with van der Waals surface area (Å²) in [4.78, 5) is 0. The van der Waals surface area contributed by atoms with Crippen molar-refractivity contribution in [3.63, 3.8) is 0 Å². The lowest BCUT2D eigenvalue weighted by molar-refractivity contribution is 0.163. The van der Waals surface area contributed by atoms with E-state index in [0.29, 0.717) is 6.54 Å². The Hall–Kier alpha value is -1.87. The van der Waals surface area contributed by atoms with Gasteiger partial charge >= 0.3 is 0 Å². The molecule has 0 spiro atoms. The predicted octanol–water partition coefficient (Wildman–Crippen LogP) is 2.18. The Bertz CT molecular complexity index is 572. The van der Waals surface area contributed by atoms with E-state index in [9.17, 15) is 0 Å². The van der Waals surface area contributed by atoms with Gasteiger partial charge < -0.3 is 4.74 Å². The zero-order valence-electron chi connectivity index (χ0n) is 9.63. The van der Waals surface area contributed by atoms with Crippen LogP contribution in [0.2, 0.25) is 0 Å². The molecule has 2 aromatic rings. The molecule has 3 heteroatoms. The molecule has 2 aromatic carbocycles. The monoisotopic (exact) mass is 225 g/mol. The normalized spacial score (nSPS) is 19.1. The predicted molar refractivity (Wildman–Crippen MR) is 68.3 cm³/mol. The van der Waals surface area contributed by atoms with Gasteiger partial charge in [0.2, 0.25) is 0 Å². The van der Waals surface area contributed by atoms with E-state index in [-0.39, 0.29) is 6.10 Å². The Kier molecular flexibility index (Phi) is 2.53. The van der Waals surface area contributed by atoms with Crippen LogP contribution in [0.5, 0.6) is 0 Å². The number of hydrogen-bond acceptors (Lipinski definition) is 2. The van der Waals surface area contributed by atoms with Gasteiger partial charge in [-0.1, -0.05) is 42.5 Å². The van der Waals surface area contributed by atoms with Crippen LogP contribution in [0.4, 0.5) is 0 Å². The van der Waals surface area contributed by atoms with Gasteiger partial charge in [0.25, 0.3) is 0 Å². The van der Waals surface area contributed by atoms with Crippen LogP contribution in [0, 0.1) is 0 Å². The molecule has 0 bridgehead atoms. The minimum absolute atomic E-state index is 0.0131. The van der Waals surface area contributed by atoms with Crippen LogP contribution < -0.4 is 5.43 Å². The van der Waals surface area contributed by atoms with Crippen molar-refractivity contribution in [2.24, 2.45) is 5.10 Å². The Morgan fingerprint density at radius 3 is 2.82 bits per heavy atom. The molecule has 1 aliphatic heterocycles. The molecular weight excluding hydrogens is 212 g/mol. The molecule has 1 aliphatic rings. The highest BCUT2D eigenvalue weighted by atomic mass is 16.5. The second-order valence-electron chi connectivity index (χ2n) is 4.06. The summed E-state index contributed by atoms with van der Waals surface area (Å²) < 4.78 is 5.40. The minimum atomic E-state index is -0.0131. The van der Waals surface area contributed by atoms with E-state index in [0.717, 1.165) is 11.3 Å². The van der Waals surface area contributed by atoms with Crippen LogP contribution in [0.25, 0.3) is 10.8 Å². The molecular formula is C14H13N2O. The first-order valence-corrected chi connectivity index (χ1v) is 5.65. The van der Waals surface area contributed by atoms with Crippen molar-refractivity contribution >= 4 is 16.5 Å². The van der Waals surface area contributed by atoms with Crippen LogP contribution in [0.3, 0.4) is 0 Å². The molecule has 3 rings (SSSR count). The van der Waals surface area contributed by atoms with Crippen LogP contribution in [0.15, 0.2) is 47.6 Å². The van der Waals surface area contributed by atoms with Gasteiger partial charge in [-0.25, -0.2) is 0 Å². The Morgan fingerprint density at radius 2 is 1.94 bits per heavy atom. The van der Waals surface area contributed by atoms with E-state index in [4.69, 9.17) is 4.74 Å². The van der Waals surface area contributed by atoms with Gasteiger partial charge in [-0.2, -0.15) is 10.5 Å². The summed E-state index contributed by atoms with van der Waals surface area (Å²) in [6, 6.07) is 14.5. The molecule has 0 aliphatic carbocycles. The molecule has 1 unspecified atom stereocenters. The van der Waals surface area contributed by atoms with Crippen LogP contribution in [-0.4, -0.2) is 25.5 Å². The van der Waals surface area contributed by atoms with Gasteiger partial charge in [0.05, 0.1) is 6.54 Å². The summed E-state index contributed by atoms with van der Waals surface area (Å²) in [6.45, 7) is 0.620. The second kappa shape index (κ2) is 4.18. The summed E-state index contributed by atoms with van der Waals surface area (Å²) in [7, 11) is 1.70. The van der Waals surface area contributed by atoms with Gasteiger partial charge in [0.15, 0.2) is 0 Å². The highest BCUT2D eigenvalue weighted by Gasteiger charge is 2.24. The number of benzene rings is 2. The van der Waals surface area contributed by atoms with Crippen molar-refractivity contribution in [3.05, 3.63) is 48.0 Å². The highest BCUT2D eigenvalue weighted by molar-refractivity contribution is 6.13. The summed E-state index contributed by atoms with van der Waals surface area (Å²) in [5, 5.41) is 6.64. The molecule has 0 amide bonds. The molecule has 85 valence electrons. The standard InChI is InChI=1S/C14H13N2O/c1-17-13-9-15-16-14(13)12-8-4-6-10-5-2-3-7-11(10)12/h2-8,13H,9H2,1H3. The summed E-state index contributed by atoms with van der Waals surface area (Å²) in [5.74, 6) is 0. The number of fused-ring (bicyclic) bond motifs is 1. The first-order valence-electron chi connectivity index (χ1n) is 5.65. The number of rotatable bonds is 2. The first kappa shape index (κ1) is 10.3. The van der Waals surface area contributed by atoms with Crippen molar-refractivity contribution in [2.75, 3.05) is 13.7 Å². The van der Waals surface area contributed by atoms with Gasteiger partial charge in [-0.15, -0.1) is 0 Å². The number of methoxy groups -OCH3 is 1. The van der Waals surface area contributed by atoms with Crippen molar-refractivity contribution in [2.45, 2.75) is 6.10 Å². The molecule has 17 heavy (non-hydrogen) atoms. The lowest BCUT2D eigenvalue weighted by atomic mass is 9.98. The number of ether oxygens (including phenoxy) is 1. The van der Waals surface area contributed by atoms with Crippen molar-refractivity contribution in [3.8, 4) is 0 Å². The molecule has 0 N–H and O–H groups in total. The van der Waals surface area contributed by atoms with E-state index in [1.807, 2.05) is 18.2 Å². The van der Waals surface area contributed by atoms with Crippen LogP contribution >= 0.6 is 0 Å². The van der Waals surface area contributed by atoms with Crippen molar-refractivity contribution in [1.29, 1.82) is 0 Å². The maximum atomic E-state index is 5.40. The molecule has 3 nitrogen and oxygen atoms in total. The zero-order valence-corrected chi connectivity index (χ0v) is 9.63. The summed E-state index contributed by atoms with van der Waals surface area (Å²) in [6.07, 6.45) is -0.0131. The highest BCUT2D eigenvalue weighted by Crippen LogP contribution is 2.22. The van der Waals surface area contributed by atoms with Gasteiger partial charge in [0, 0.05) is 12.7 Å². The molecule has 0 saturated carbocycles. The molecule has 0 aromatic heterocycles. The third kappa shape index (κ3) is 1.68. The fraction of sp³-hybridized carbons (Fsp3) is 0.214.